The molecule has 6 rings (SSSR count). The largest absolute Gasteiger partial charge is 0.461 e. The lowest BCUT2D eigenvalue weighted by molar-refractivity contribution is -0.155. The number of fused-ring (bicyclic) bond motifs is 2. The quantitative estimate of drug-likeness (QED) is 0.499. The van der Waals surface area contributed by atoms with Crippen molar-refractivity contribution in [3.63, 3.8) is 0 Å². The Morgan fingerprint density at radius 1 is 0.973 bits per heavy atom. The van der Waals surface area contributed by atoms with E-state index in [2.05, 4.69) is 0 Å². The van der Waals surface area contributed by atoms with Crippen LogP contribution in [-0.4, -0.2) is 70.2 Å². The number of carbonyl (C=O) groups is 3. The molecule has 2 saturated heterocycles. The van der Waals surface area contributed by atoms with Crippen LogP contribution in [-0.2, 0) is 30.4 Å². The lowest BCUT2D eigenvalue weighted by Crippen LogP contribution is -2.56. The van der Waals surface area contributed by atoms with Gasteiger partial charge in [-0.2, -0.15) is 0 Å². The summed E-state index contributed by atoms with van der Waals surface area (Å²) in [7, 11) is 0. The lowest BCUT2D eigenvalue weighted by Gasteiger charge is -2.38. The van der Waals surface area contributed by atoms with Crippen LogP contribution in [0.5, 0.6) is 0 Å². The van der Waals surface area contributed by atoms with Crippen molar-refractivity contribution < 1.29 is 29.0 Å². The second kappa shape index (κ2) is 9.28. The summed E-state index contributed by atoms with van der Waals surface area (Å²) >= 11 is 0. The summed E-state index contributed by atoms with van der Waals surface area (Å²) < 4.78 is 11.9. The molecule has 37 heavy (non-hydrogen) atoms. The fourth-order valence-electron chi connectivity index (χ4n) is 6.27. The third-order valence-corrected chi connectivity index (χ3v) is 7.84. The standard InChI is InChI=1S/C29H28N2O6/c32-18-21(20-11-5-2-6-12-20)31-25-27(34)30(17-19-9-3-1-4-10-19)15-8-14-29(25)24(26(31)33)23-22(37-29)13-7-16-36-28(23)35/h1-14,21-25,32H,15-18H2/t21-,22-,23+,24+,25?,29+/m1/s1. The van der Waals surface area contributed by atoms with E-state index in [1.54, 1.807) is 23.1 Å². The number of ether oxygens (including phenoxy) is 2. The van der Waals surface area contributed by atoms with Crippen LogP contribution in [0.15, 0.2) is 85.0 Å². The number of hydrogen-bond acceptors (Lipinski definition) is 6. The first kappa shape index (κ1) is 23.6. The Bertz CT molecular complexity index is 1260. The van der Waals surface area contributed by atoms with Crippen LogP contribution < -0.4 is 0 Å². The molecule has 1 spiro atoms. The molecule has 1 unspecified atom stereocenters. The van der Waals surface area contributed by atoms with Gasteiger partial charge in [-0.1, -0.05) is 78.9 Å². The van der Waals surface area contributed by atoms with Gasteiger partial charge in [-0.25, -0.2) is 0 Å². The summed E-state index contributed by atoms with van der Waals surface area (Å²) in [5, 5.41) is 10.5. The Morgan fingerprint density at radius 3 is 2.43 bits per heavy atom. The van der Waals surface area contributed by atoms with E-state index in [1.165, 1.54) is 4.90 Å². The summed E-state index contributed by atoms with van der Waals surface area (Å²) in [6.45, 7) is 0.407. The molecule has 0 aromatic heterocycles. The molecule has 2 aromatic rings. The van der Waals surface area contributed by atoms with Crippen molar-refractivity contribution in [2.75, 3.05) is 19.8 Å². The average Bonchev–Trinajstić information content (AvgIpc) is 3.22. The molecule has 4 aliphatic heterocycles. The van der Waals surface area contributed by atoms with Crippen LogP contribution in [0.4, 0.5) is 0 Å². The Hall–Kier alpha value is -3.75. The van der Waals surface area contributed by atoms with E-state index < -0.39 is 47.5 Å². The van der Waals surface area contributed by atoms with Gasteiger partial charge in [0.25, 0.3) is 0 Å². The summed E-state index contributed by atoms with van der Waals surface area (Å²) in [6.07, 6.45) is 6.42. The summed E-state index contributed by atoms with van der Waals surface area (Å²) in [5.41, 5.74) is 0.292. The zero-order chi connectivity index (χ0) is 25.6. The third kappa shape index (κ3) is 3.70. The van der Waals surface area contributed by atoms with Crippen molar-refractivity contribution >= 4 is 17.8 Å². The van der Waals surface area contributed by atoms with Gasteiger partial charge in [-0.15, -0.1) is 0 Å². The highest BCUT2D eigenvalue weighted by Crippen LogP contribution is 2.55. The van der Waals surface area contributed by atoms with E-state index in [0.29, 0.717) is 18.7 Å². The molecule has 8 nitrogen and oxygen atoms in total. The number of aliphatic hydroxyl groups is 1. The van der Waals surface area contributed by atoms with Gasteiger partial charge in [0.05, 0.1) is 24.7 Å². The Labute approximate surface area is 214 Å². The molecule has 190 valence electrons. The number of aliphatic hydroxyl groups excluding tert-OH is 1. The third-order valence-electron chi connectivity index (χ3n) is 7.84. The van der Waals surface area contributed by atoms with Crippen molar-refractivity contribution in [1.82, 2.24) is 9.80 Å². The van der Waals surface area contributed by atoms with E-state index in [9.17, 15) is 19.5 Å². The summed E-state index contributed by atoms with van der Waals surface area (Å²) in [5.74, 6) is -3.03. The van der Waals surface area contributed by atoms with Gasteiger partial charge >= 0.3 is 5.97 Å². The van der Waals surface area contributed by atoms with E-state index in [4.69, 9.17) is 9.47 Å². The van der Waals surface area contributed by atoms with Crippen LogP contribution >= 0.6 is 0 Å². The lowest BCUT2D eigenvalue weighted by atomic mass is 9.78. The summed E-state index contributed by atoms with van der Waals surface area (Å²) in [6, 6.07) is 16.9. The number of cyclic esters (lactones) is 1. The first-order valence-corrected chi connectivity index (χ1v) is 12.5. The molecule has 2 fully saturated rings. The molecule has 1 N–H and O–H groups in total. The minimum absolute atomic E-state index is 0.110. The SMILES string of the molecule is O=C1OCC=C[C@H]2O[C@]34C=CCN(Cc5ccccc5)C(=O)C3N([C@H](CO)c3ccccc3)C(=O)[C@@H]4[C@@H]12. The molecular weight excluding hydrogens is 472 g/mol. The second-order valence-electron chi connectivity index (χ2n) is 9.86. The van der Waals surface area contributed by atoms with Crippen LogP contribution in [0.3, 0.4) is 0 Å². The highest BCUT2D eigenvalue weighted by Gasteiger charge is 2.72. The van der Waals surface area contributed by atoms with Crippen molar-refractivity contribution in [3.8, 4) is 0 Å². The smallest absolute Gasteiger partial charge is 0.313 e. The minimum Gasteiger partial charge on any atom is -0.461 e. The van der Waals surface area contributed by atoms with Crippen LogP contribution in [0.25, 0.3) is 0 Å². The zero-order valence-corrected chi connectivity index (χ0v) is 20.2. The fraction of sp³-hybridized carbons (Fsp3) is 0.345. The number of nitrogens with zero attached hydrogens (tertiary/aromatic N) is 2. The topological polar surface area (TPSA) is 96.4 Å². The van der Waals surface area contributed by atoms with Crippen molar-refractivity contribution in [3.05, 3.63) is 96.1 Å². The maximum Gasteiger partial charge on any atom is 0.313 e. The van der Waals surface area contributed by atoms with Gasteiger partial charge < -0.3 is 24.4 Å². The predicted octanol–water partition coefficient (Wildman–Crippen LogP) is 2.01. The normalized spacial score (nSPS) is 31.3. The predicted molar refractivity (Wildman–Crippen MR) is 133 cm³/mol. The Balaban J connectivity index is 1.47. The molecule has 0 saturated carbocycles. The van der Waals surface area contributed by atoms with Crippen molar-refractivity contribution in [2.45, 2.75) is 30.3 Å². The van der Waals surface area contributed by atoms with Gasteiger partial charge in [-0.3, -0.25) is 14.4 Å². The molecule has 6 atom stereocenters. The van der Waals surface area contributed by atoms with Crippen LogP contribution in [0, 0.1) is 11.8 Å². The maximum atomic E-state index is 14.3. The molecule has 8 heteroatoms. The first-order chi connectivity index (χ1) is 18.0. The highest BCUT2D eigenvalue weighted by atomic mass is 16.6. The molecular formula is C29H28N2O6. The zero-order valence-electron chi connectivity index (χ0n) is 20.2. The second-order valence-corrected chi connectivity index (χ2v) is 9.86. The van der Waals surface area contributed by atoms with Gasteiger partial charge in [-0.05, 0) is 17.2 Å². The van der Waals surface area contributed by atoms with Gasteiger partial charge in [0.15, 0.2) is 0 Å². The number of hydrogen-bond donors (Lipinski definition) is 1. The monoisotopic (exact) mass is 500 g/mol. The fourth-order valence-corrected chi connectivity index (χ4v) is 6.27. The number of carbonyl (C=O) groups excluding carboxylic acids is 3. The van der Waals surface area contributed by atoms with Crippen molar-refractivity contribution in [2.24, 2.45) is 11.8 Å². The summed E-state index contributed by atoms with van der Waals surface area (Å²) in [4.78, 5) is 44.8. The van der Waals surface area contributed by atoms with Crippen molar-refractivity contribution in [1.29, 1.82) is 0 Å². The molecule has 2 amide bonds. The number of benzene rings is 2. The minimum atomic E-state index is -1.36. The van der Waals surface area contributed by atoms with Gasteiger partial charge in [0.1, 0.15) is 24.2 Å². The number of likely N-dealkylation sites (tertiary alicyclic amines) is 1. The number of esters is 1. The molecule has 2 aromatic carbocycles. The van der Waals surface area contributed by atoms with E-state index >= 15 is 0 Å². The molecule has 0 bridgehead atoms. The Morgan fingerprint density at radius 2 is 1.70 bits per heavy atom. The molecule has 4 aliphatic rings. The highest BCUT2D eigenvalue weighted by molar-refractivity contribution is 5.99. The molecule has 4 heterocycles. The first-order valence-electron chi connectivity index (χ1n) is 12.5. The molecule has 0 radical (unpaired) electrons. The van der Waals surface area contributed by atoms with Crippen LogP contribution in [0.2, 0.25) is 0 Å². The van der Waals surface area contributed by atoms with E-state index in [0.717, 1.165) is 5.56 Å². The maximum absolute atomic E-state index is 14.3. The van der Waals surface area contributed by atoms with Gasteiger partial charge in [0.2, 0.25) is 11.8 Å². The molecule has 0 aliphatic carbocycles. The number of amides is 2. The van der Waals surface area contributed by atoms with Gasteiger partial charge in [0, 0.05) is 13.1 Å². The Kier molecular flexibility index (Phi) is 5.93. The van der Waals surface area contributed by atoms with E-state index in [1.807, 2.05) is 66.7 Å². The average molecular weight is 501 g/mol. The number of rotatable bonds is 5. The van der Waals surface area contributed by atoms with E-state index in [-0.39, 0.29) is 19.1 Å². The van der Waals surface area contributed by atoms with Crippen LogP contribution in [0.1, 0.15) is 17.2 Å².